The minimum Gasteiger partial charge on any atom is -0.324 e. The van der Waals surface area contributed by atoms with Crippen LogP contribution in [0.15, 0.2) is 52.3 Å². The summed E-state index contributed by atoms with van der Waals surface area (Å²) in [6, 6.07) is 9.52. The molecule has 4 rings (SSSR count). The first-order valence-electron chi connectivity index (χ1n) is 8.70. The van der Waals surface area contributed by atoms with Crippen molar-refractivity contribution in [2.45, 2.75) is 36.6 Å². The number of hydrogen-bond acceptors (Lipinski definition) is 6. The van der Waals surface area contributed by atoms with Gasteiger partial charge in [0.25, 0.3) is 5.56 Å². The number of nitrogens with zero attached hydrogens (tertiary/aromatic N) is 3. The molecule has 3 aromatic rings. The number of primary sulfonamides is 1. The van der Waals surface area contributed by atoms with Crippen LogP contribution < -0.4 is 16.0 Å². The van der Waals surface area contributed by atoms with Crippen LogP contribution in [0.5, 0.6) is 0 Å². The highest BCUT2D eigenvalue weighted by Crippen LogP contribution is 2.30. The minimum atomic E-state index is -3.80. The van der Waals surface area contributed by atoms with E-state index in [1.165, 1.54) is 12.1 Å². The summed E-state index contributed by atoms with van der Waals surface area (Å²) in [5, 5.41) is 8.95. The number of rotatable bonds is 4. The number of anilines is 2. The molecule has 0 bridgehead atoms. The third-order valence-electron chi connectivity index (χ3n) is 4.78. The number of sulfonamides is 1. The van der Waals surface area contributed by atoms with E-state index in [9.17, 15) is 13.2 Å². The van der Waals surface area contributed by atoms with E-state index in [0.29, 0.717) is 11.3 Å². The maximum Gasteiger partial charge on any atom is 0.252 e. The van der Waals surface area contributed by atoms with Crippen molar-refractivity contribution in [3.05, 3.63) is 52.9 Å². The first kappa shape index (κ1) is 17.6. The first-order chi connectivity index (χ1) is 12.9. The van der Waals surface area contributed by atoms with Crippen molar-refractivity contribution in [1.29, 1.82) is 0 Å². The third kappa shape index (κ3) is 3.56. The summed E-state index contributed by atoms with van der Waals surface area (Å²) in [5.41, 5.74) is 0.997. The van der Waals surface area contributed by atoms with Gasteiger partial charge in [-0.15, -0.1) is 0 Å². The molecule has 0 atom stereocenters. The average Bonchev–Trinajstić information content (AvgIpc) is 3.15. The number of fused-ring (bicyclic) bond motifs is 1. The summed E-state index contributed by atoms with van der Waals surface area (Å²) in [6.07, 6.45) is 5.78. The number of nitrogens with one attached hydrogen (secondary N) is 1. The van der Waals surface area contributed by atoms with E-state index in [1.54, 1.807) is 35.0 Å². The van der Waals surface area contributed by atoms with Gasteiger partial charge in [-0.2, -0.15) is 4.98 Å². The van der Waals surface area contributed by atoms with Gasteiger partial charge < -0.3 is 5.32 Å². The van der Waals surface area contributed by atoms with Gasteiger partial charge in [0, 0.05) is 29.4 Å². The molecule has 0 amide bonds. The Bertz CT molecular complexity index is 1170. The van der Waals surface area contributed by atoms with Gasteiger partial charge in [0.1, 0.15) is 5.65 Å². The van der Waals surface area contributed by atoms with E-state index in [0.717, 1.165) is 31.1 Å². The molecular formula is C18H19N5O3S. The second-order valence-corrected chi connectivity index (χ2v) is 8.21. The van der Waals surface area contributed by atoms with Crippen LogP contribution in [-0.2, 0) is 10.0 Å². The Morgan fingerprint density at radius 3 is 2.67 bits per heavy atom. The van der Waals surface area contributed by atoms with Gasteiger partial charge in [0.05, 0.1) is 4.90 Å². The van der Waals surface area contributed by atoms with Crippen LogP contribution in [0.3, 0.4) is 0 Å². The maximum absolute atomic E-state index is 12.4. The molecule has 27 heavy (non-hydrogen) atoms. The van der Waals surface area contributed by atoms with Crippen molar-refractivity contribution in [3.63, 3.8) is 0 Å². The van der Waals surface area contributed by atoms with Crippen LogP contribution in [0, 0.1) is 0 Å². The summed E-state index contributed by atoms with van der Waals surface area (Å²) in [4.78, 5) is 21.2. The first-order valence-corrected chi connectivity index (χ1v) is 10.2. The van der Waals surface area contributed by atoms with E-state index in [4.69, 9.17) is 5.14 Å². The van der Waals surface area contributed by atoms with Gasteiger partial charge in [-0.3, -0.25) is 9.36 Å². The Morgan fingerprint density at radius 2 is 1.93 bits per heavy atom. The van der Waals surface area contributed by atoms with E-state index in [2.05, 4.69) is 15.3 Å². The summed E-state index contributed by atoms with van der Waals surface area (Å²) in [7, 11) is -3.80. The van der Waals surface area contributed by atoms with Gasteiger partial charge in [0.2, 0.25) is 16.0 Å². The van der Waals surface area contributed by atoms with Gasteiger partial charge in [-0.1, -0.05) is 18.9 Å². The lowest BCUT2D eigenvalue weighted by Crippen LogP contribution is -2.23. The standard InChI is InChI=1S/C18H19N5O3S/c19-27(25,26)15-7-3-4-13(10-15)21-18-20-11-12-8-9-16(24)23(17(12)22-18)14-5-1-2-6-14/h3-4,7-11,14H,1-2,5-6H2,(H2,19,25,26)(H,20,21,22). The lowest BCUT2D eigenvalue weighted by atomic mass is 10.2. The Labute approximate surface area is 156 Å². The molecule has 1 fully saturated rings. The van der Waals surface area contributed by atoms with Crippen LogP contribution >= 0.6 is 0 Å². The molecule has 0 unspecified atom stereocenters. The summed E-state index contributed by atoms with van der Waals surface area (Å²) in [6.45, 7) is 0. The number of aromatic nitrogens is 3. The van der Waals surface area contributed by atoms with Crippen LogP contribution in [0.25, 0.3) is 11.0 Å². The molecule has 1 aliphatic rings. The van der Waals surface area contributed by atoms with E-state index < -0.39 is 10.0 Å². The zero-order chi connectivity index (χ0) is 19.0. The predicted molar refractivity (Wildman–Crippen MR) is 102 cm³/mol. The SMILES string of the molecule is NS(=O)(=O)c1cccc(Nc2ncc3ccc(=O)n(C4CCCC4)c3n2)c1. The fourth-order valence-corrected chi connectivity index (χ4v) is 4.05. The molecule has 140 valence electrons. The molecule has 0 saturated heterocycles. The fourth-order valence-electron chi connectivity index (χ4n) is 3.49. The quantitative estimate of drug-likeness (QED) is 0.711. The molecule has 2 aromatic heterocycles. The Balaban J connectivity index is 1.75. The zero-order valence-corrected chi connectivity index (χ0v) is 15.3. The lowest BCUT2D eigenvalue weighted by molar-refractivity contribution is 0.516. The monoisotopic (exact) mass is 385 g/mol. The second kappa shape index (κ2) is 6.75. The Kier molecular flexibility index (Phi) is 4.40. The summed E-state index contributed by atoms with van der Waals surface area (Å²) >= 11 is 0. The molecule has 2 heterocycles. The van der Waals surface area contributed by atoms with Crippen LogP contribution in [0.4, 0.5) is 11.6 Å². The molecule has 8 nitrogen and oxygen atoms in total. The van der Waals surface area contributed by atoms with Gasteiger partial charge >= 0.3 is 0 Å². The van der Waals surface area contributed by atoms with Crippen molar-refractivity contribution in [1.82, 2.24) is 14.5 Å². The van der Waals surface area contributed by atoms with Crippen molar-refractivity contribution in [2.75, 3.05) is 5.32 Å². The van der Waals surface area contributed by atoms with Crippen molar-refractivity contribution >= 4 is 32.7 Å². The molecule has 1 aromatic carbocycles. The zero-order valence-electron chi connectivity index (χ0n) is 14.5. The lowest BCUT2D eigenvalue weighted by Gasteiger charge is -2.16. The number of hydrogen-bond donors (Lipinski definition) is 2. The normalized spacial score (nSPS) is 15.3. The van der Waals surface area contributed by atoms with Gasteiger partial charge in [-0.25, -0.2) is 18.5 Å². The highest BCUT2D eigenvalue weighted by molar-refractivity contribution is 7.89. The van der Waals surface area contributed by atoms with E-state index >= 15 is 0 Å². The largest absolute Gasteiger partial charge is 0.324 e. The van der Waals surface area contributed by atoms with Crippen LogP contribution in [0.2, 0.25) is 0 Å². The molecule has 0 spiro atoms. The topological polar surface area (TPSA) is 120 Å². The van der Waals surface area contributed by atoms with Crippen molar-refractivity contribution in [2.24, 2.45) is 5.14 Å². The third-order valence-corrected chi connectivity index (χ3v) is 5.69. The molecule has 3 N–H and O–H groups in total. The molecular weight excluding hydrogens is 366 g/mol. The number of pyridine rings is 1. The summed E-state index contributed by atoms with van der Waals surface area (Å²) < 4.78 is 24.8. The molecule has 0 aliphatic heterocycles. The highest BCUT2D eigenvalue weighted by Gasteiger charge is 2.20. The average molecular weight is 385 g/mol. The van der Waals surface area contributed by atoms with E-state index in [-0.39, 0.29) is 22.4 Å². The van der Waals surface area contributed by atoms with Crippen LogP contribution in [-0.4, -0.2) is 23.0 Å². The maximum atomic E-state index is 12.4. The van der Waals surface area contributed by atoms with Crippen LogP contribution in [0.1, 0.15) is 31.7 Å². The molecule has 1 aliphatic carbocycles. The minimum absolute atomic E-state index is 0.00356. The second-order valence-electron chi connectivity index (χ2n) is 6.65. The predicted octanol–water partition coefficient (Wildman–Crippen LogP) is 2.30. The fraction of sp³-hybridized carbons (Fsp3) is 0.278. The smallest absolute Gasteiger partial charge is 0.252 e. The molecule has 0 radical (unpaired) electrons. The van der Waals surface area contributed by atoms with Gasteiger partial charge in [-0.05, 0) is 37.1 Å². The molecule has 1 saturated carbocycles. The Morgan fingerprint density at radius 1 is 1.15 bits per heavy atom. The number of nitrogens with two attached hydrogens (primary N) is 1. The Hall–Kier alpha value is -2.78. The highest BCUT2D eigenvalue weighted by atomic mass is 32.2. The summed E-state index contributed by atoms with van der Waals surface area (Å²) in [5.74, 6) is 0.284. The van der Waals surface area contributed by atoms with Crippen molar-refractivity contribution < 1.29 is 8.42 Å². The van der Waals surface area contributed by atoms with Crippen molar-refractivity contribution in [3.8, 4) is 0 Å². The van der Waals surface area contributed by atoms with E-state index in [1.807, 2.05) is 0 Å². The number of benzene rings is 1. The molecule has 9 heteroatoms. The van der Waals surface area contributed by atoms with Gasteiger partial charge in [0.15, 0.2) is 0 Å².